The summed E-state index contributed by atoms with van der Waals surface area (Å²) in [6, 6.07) is 61.1. The van der Waals surface area contributed by atoms with Crippen molar-refractivity contribution in [1.29, 1.82) is 0 Å². The average Bonchev–Trinajstić information content (AvgIpc) is 3.85. The van der Waals surface area contributed by atoms with Gasteiger partial charge in [-0.2, -0.15) is 0 Å². The molecule has 0 atom stereocenters. The molecule has 8 rings (SSSR count). The summed E-state index contributed by atoms with van der Waals surface area (Å²) in [7, 11) is 11.0. The van der Waals surface area contributed by atoms with Crippen LogP contribution in [0.5, 0.6) is 0 Å². The van der Waals surface area contributed by atoms with Crippen LogP contribution in [0.2, 0.25) is 13.1 Å². The van der Waals surface area contributed by atoms with E-state index in [1.807, 2.05) is 0 Å². The van der Waals surface area contributed by atoms with Crippen molar-refractivity contribution in [3.8, 4) is 44.5 Å². The minimum atomic E-state index is -0.826. The molecule has 8 aromatic carbocycles. The molecule has 0 bridgehead atoms. The molecule has 4 heteroatoms. The normalized spacial score (nSPS) is 10.3. The van der Waals surface area contributed by atoms with Gasteiger partial charge in [-0.05, 0) is 35.1 Å². The zero-order chi connectivity index (χ0) is 36.7. The van der Waals surface area contributed by atoms with Crippen LogP contribution in [-0.2, 0) is 33.7 Å². The number of hydrogen-bond acceptors (Lipinski definition) is 0. The molecular weight excluding hydrogens is 767 g/mol. The molecule has 0 nitrogen and oxygen atoms in total. The van der Waals surface area contributed by atoms with Gasteiger partial charge in [-0.15, -0.1) is 69.1 Å². The van der Waals surface area contributed by atoms with E-state index in [0.717, 1.165) is 22.4 Å². The molecule has 8 aromatic rings. The van der Waals surface area contributed by atoms with Crippen molar-refractivity contribution >= 4 is 48.1 Å². The van der Waals surface area contributed by atoms with E-state index in [0.29, 0.717) is 0 Å². The van der Waals surface area contributed by atoms with Crippen LogP contribution >= 0.6 is 17.0 Å². The maximum absolute atomic E-state index is 4.93. The van der Waals surface area contributed by atoms with Gasteiger partial charge in [-0.25, -0.2) is 0 Å². The molecule has 0 heterocycles. The summed E-state index contributed by atoms with van der Waals surface area (Å²) >= 11 is -0.826. The van der Waals surface area contributed by atoms with E-state index >= 15 is 0 Å². The molecule has 0 amide bonds. The fourth-order valence-electron chi connectivity index (χ4n) is 6.73. The van der Waals surface area contributed by atoms with Gasteiger partial charge in [0.05, 0.1) is 0 Å². The SMILES string of the molecule is CCc1ccc2[cH-]c(-c3ccccc3)cc2c1-c1ccccc1.CCc1ccc2[cH-]c(-c3ccccc3)cc2c1-c1ccccc1.C[Si]C.[Cl][Zr+2][Cl]. The number of benzene rings is 6. The standard InChI is InChI=1S/2C23H19.C2H6Si.2ClH.Zr/c2*1-2-17-13-14-20-15-21(18-9-5-3-6-10-18)16-22(20)23(17)19-11-7-4-8-12-19;1-3-2;;;/h2*3-16H,2H2,1H3;1-2H3;2*1H;/q2*-1;;;;+4/p-2. The summed E-state index contributed by atoms with van der Waals surface area (Å²) in [5, 5.41) is 5.35. The van der Waals surface area contributed by atoms with E-state index in [1.165, 1.54) is 77.2 Å². The molecule has 258 valence electrons. The van der Waals surface area contributed by atoms with E-state index in [2.05, 4.69) is 197 Å². The van der Waals surface area contributed by atoms with Gasteiger partial charge in [0.2, 0.25) is 0 Å². The van der Waals surface area contributed by atoms with Gasteiger partial charge in [0.1, 0.15) is 0 Å². The fourth-order valence-corrected chi connectivity index (χ4v) is 6.73. The Balaban J connectivity index is 0.000000175. The maximum atomic E-state index is 4.93. The van der Waals surface area contributed by atoms with Crippen molar-refractivity contribution in [2.24, 2.45) is 0 Å². The van der Waals surface area contributed by atoms with E-state index in [9.17, 15) is 0 Å². The summed E-state index contributed by atoms with van der Waals surface area (Å²) in [5.41, 5.74) is 13.3. The van der Waals surface area contributed by atoms with E-state index in [1.54, 1.807) is 0 Å². The summed E-state index contributed by atoms with van der Waals surface area (Å²) < 4.78 is 0. The molecule has 2 radical (unpaired) electrons. The quantitative estimate of drug-likeness (QED) is 0.116. The van der Waals surface area contributed by atoms with Crippen molar-refractivity contribution in [2.75, 3.05) is 0 Å². The average molecular weight is 811 g/mol. The van der Waals surface area contributed by atoms with Gasteiger partial charge < -0.3 is 0 Å². The van der Waals surface area contributed by atoms with Crippen LogP contribution in [0.25, 0.3) is 66.1 Å². The number of fused-ring (bicyclic) bond motifs is 2. The third-order valence-corrected chi connectivity index (χ3v) is 9.05. The summed E-state index contributed by atoms with van der Waals surface area (Å²) in [6.45, 7) is 8.77. The number of rotatable bonds is 6. The van der Waals surface area contributed by atoms with Gasteiger partial charge in [-0.3, -0.25) is 0 Å². The van der Waals surface area contributed by atoms with Gasteiger partial charge in [0.15, 0.2) is 0 Å². The Morgan fingerprint density at radius 3 is 1.04 bits per heavy atom. The summed E-state index contributed by atoms with van der Waals surface area (Å²) in [5.74, 6) is 0. The minimum absolute atomic E-state index is 0.826. The topological polar surface area (TPSA) is 0 Å². The van der Waals surface area contributed by atoms with Gasteiger partial charge in [0.25, 0.3) is 0 Å². The zero-order valence-corrected chi connectivity index (χ0v) is 35.3. The van der Waals surface area contributed by atoms with Crippen molar-refractivity contribution in [2.45, 2.75) is 39.8 Å². The Bertz CT molecular complexity index is 2080. The Kier molecular flexibility index (Phi) is 15.5. The van der Waals surface area contributed by atoms with Gasteiger partial charge in [-0.1, -0.05) is 183 Å². The zero-order valence-electron chi connectivity index (χ0n) is 30.3. The van der Waals surface area contributed by atoms with Gasteiger partial charge in [0, 0.05) is 9.52 Å². The first kappa shape index (κ1) is 39.4. The second kappa shape index (κ2) is 20.5. The Labute approximate surface area is 331 Å². The van der Waals surface area contributed by atoms with Crippen molar-refractivity contribution < 1.29 is 20.8 Å². The van der Waals surface area contributed by atoms with E-state index < -0.39 is 20.8 Å². The van der Waals surface area contributed by atoms with E-state index in [-0.39, 0.29) is 0 Å². The second-order valence-electron chi connectivity index (χ2n) is 12.4. The van der Waals surface area contributed by atoms with Crippen molar-refractivity contribution in [3.63, 3.8) is 0 Å². The predicted octanol–water partition coefficient (Wildman–Crippen LogP) is 15.1. The van der Waals surface area contributed by atoms with Crippen molar-refractivity contribution in [1.82, 2.24) is 0 Å². The molecule has 0 spiro atoms. The first-order chi connectivity index (χ1) is 25.6. The second-order valence-corrected chi connectivity index (χ2v) is 17.2. The van der Waals surface area contributed by atoms with Crippen LogP contribution < -0.4 is 0 Å². The summed E-state index contributed by atoms with van der Waals surface area (Å²) in [6.07, 6.45) is 2.10. The van der Waals surface area contributed by atoms with Crippen LogP contribution in [0.4, 0.5) is 0 Å². The van der Waals surface area contributed by atoms with Crippen LogP contribution in [0, 0.1) is 0 Å². The van der Waals surface area contributed by atoms with Crippen LogP contribution in [-0.4, -0.2) is 9.52 Å². The molecule has 0 aliphatic carbocycles. The Morgan fingerprint density at radius 1 is 0.462 bits per heavy atom. The van der Waals surface area contributed by atoms with Crippen LogP contribution in [0.15, 0.2) is 170 Å². The number of hydrogen-bond donors (Lipinski definition) is 0. The van der Waals surface area contributed by atoms with Gasteiger partial charge >= 0.3 is 37.9 Å². The monoisotopic (exact) mass is 808 g/mol. The molecule has 0 saturated heterocycles. The Morgan fingerprint density at radius 2 is 0.750 bits per heavy atom. The van der Waals surface area contributed by atoms with Crippen molar-refractivity contribution in [3.05, 3.63) is 181 Å². The first-order valence-electron chi connectivity index (χ1n) is 17.8. The molecule has 0 saturated carbocycles. The first-order valence-corrected chi connectivity index (χ1v) is 26.1. The molecule has 0 fully saturated rings. The number of halogens is 2. The third-order valence-electron chi connectivity index (χ3n) is 9.05. The third kappa shape index (κ3) is 9.80. The van der Waals surface area contributed by atoms with E-state index in [4.69, 9.17) is 17.0 Å². The van der Waals surface area contributed by atoms with Crippen LogP contribution in [0.3, 0.4) is 0 Å². The molecule has 0 aliphatic rings. The Hall–Kier alpha value is -3.78. The predicted molar refractivity (Wildman–Crippen MR) is 229 cm³/mol. The number of aryl methyl sites for hydroxylation is 2. The molecule has 52 heavy (non-hydrogen) atoms. The molecule has 0 aromatic heterocycles. The molecule has 0 aliphatic heterocycles. The summed E-state index contributed by atoms with van der Waals surface area (Å²) in [4.78, 5) is 0. The molecular formula is C48H44Cl2SiZr. The van der Waals surface area contributed by atoms with Crippen LogP contribution in [0.1, 0.15) is 25.0 Å². The molecule has 0 unspecified atom stereocenters. The molecule has 0 N–H and O–H groups in total. The fraction of sp³-hybridized carbons (Fsp3) is 0.125.